The average Bonchev–Trinajstić information content (AvgIpc) is 2.98. The van der Waals surface area contributed by atoms with Gasteiger partial charge in [0.25, 0.3) is 0 Å². The molecule has 2 aliphatic rings. The number of anilines is 3. The molecule has 0 saturated carbocycles. The predicted molar refractivity (Wildman–Crippen MR) is 153 cm³/mol. The van der Waals surface area contributed by atoms with Gasteiger partial charge in [0.15, 0.2) is 0 Å². The number of hydrogen-bond acceptors (Lipinski definition) is 2. The quantitative estimate of drug-likeness (QED) is 0.289. The maximum atomic E-state index is 9.23. The molecule has 37 heavy (non-hydrogen) atoms. The summed E-state index contributed by atoms with van der Waals surface area (Å²) >= 11 is 0. The summed E-state index contributed by atoms with van der Waals surface area (Å²) in [5.41, 5.74) is 9.14. The minimum atomic E-state index is 0.216. The fourth-order valence-corrected chi connectivity index (χ4v) is 5.37. The van der Waals surface area contributed by atoms with E-state index in [1.807, 2.05) is 24.3 Å². The summed E-state index contributed by atoms with van der Waals surface area (Å²) in [6, 6.07) is 40.1. The Morgan fingerprint density at radius 1 is 0.622 bits per heavy atom. The maximum absolute atomic E-state index is 9.23. The SMILES string of the molecule is N#Cc1ccc(C2C=CC=C3C=CC=C(c4ccc(N(c5ccccc5)c5ccccc5)cc4)C32)cc1. The Kier molecular flexibility index (Phi) is 6.11. The summed E-state index contributed by atoms with van der Waals surface area (Å²) in [5.74, 6) is 0.446. The highest BCUT2D eigenvalue weighted by Gasteiger charge is 2.31. The molecule has 2 atom stereocenters. The first-order valence-electron chi connectivity index (χ1n) is 12.6. The Hall–Kier alpha value is -4.87. The van der Waals surface area contributed by atoms with Gasteiger partial charge in [0.1, 0.15) is 0 Å². The van der Waals surface area contributed by atoms with E-state index in [9.17, 15) is 5.26 Å². The first-order valence-corrected chi connectivity index (χ1v) is 12.6. The summed E-state index contributed by atoms with van der Waals surface area (Å²) in [4.78, 5) is 2.28. The van der Waals surface area contributed by atoms with Crippen molar-refractivity contribution in [2.24, 2.45) is 5.92 Å². The molecule has 4 aromatic carbocycles. The number of para-hydroxylation sites is 2. The van der Waals surface area contributed by atoms with Crippen molar-refractivity contribution in [3.8, 4) is 6.07 Å². The first kappa shape index (κ1) is 22.6. The lowest BCUT2D eigenvalue weighted by molar-refractivity contribution is 0.687. The van der Waals surface area contributed by atoms with Gasteiger partial charge in [-0.1, -0.05) is 97.1 Å². The normalized spacial score (nSPS) is 17.8. The Labute approximate surface area is 218 Å². The summed E-state index contributed by atoms with van der Waals surface area (Å²) in [6.45, 7) is 0. The molecule has 0 saturated heterocycles. The van der Waals surface area contributed by atoms with E-state index in [-0.39, 0.29) is 11.8 Å². The van der Waals surface area contributed by atoms with Crippen molar-refractivity contribution in [1.29, 1.82) is 5.26 Å². The standard InChI is InChI=1S/C35H26N2/c36-25-26-17-19-27(20-18-26)33-15-7-9-29-10-8-16-34(35(29)33)28-21-23-32(24-22-28)37(30-11-3-1-4-12-30)31-13-5-2-6-14-31/h1-24,33,35H. The fraction of sp³-hybridized carbons (Fsp3) is 0.0571. The summed E-state index contributed by atoms with van der Waals surface area (Å²) in [6.07, 6.45) is 13.3. The number of rotatable bonds is 5. The number of allylic oxidation sites excluding steroid dienone is 8. The van der Waals surface area contributed by atoms with Gasteiger partial charge in [-0.25, -0.2) is 0 Å². The Bertz CT molecular complexity index is 1510. The molecular formula is C35H26N2. The fourth-order valence-electron chi connectivity index (χ4n) is 5.37. The van der Waals surface area contributed by atoms with E-state index in [1.165, 1.54) is 22.3 Å². The van der Waals surface area contributed by atoms with E-state index >= 15 is 0 Å². The van der Waals surface area contributed by atoms with Gasteiger partial charge in [-0.15, -0.1) is 0 Å². The summed E-state index contributed by atoms with van der Waals surface area (Å²) in [7, 11) is 0. The number of nitriles is 1. The lowest BCUT2D eigenvalue weighted by atomic mass is 9.70. The van der Waals surface area contributed by atoms with E-state index < -0.39 is 0 Å². The number of benzene rings is 4. The van der Waals surface area contributed by atoms with Gasteiger partial charge in [0.05, 0.1) is 11.6 Å². The largest absolute Gasteiger partial charge is 0.311 e. The van der Waals surface area contributed by atoms with Crippen molar-refractivity contribution >= 4 is 22.6 Å². The second-order valence-electron chi connectivity index (χ2n) is 9.32. The predicted octanol–water partition coefficient (Wildman–Crippen LogP) is 8.88. The van der Waals surface area contributed by atoms with Crippen molar-refractivity contribution in [1.82, 2.24) is 0 Å². The zero-order chi connectivity index (χ0) is 25.0. The molecule has 0 bridgehead atoms. The zero-order valence-electron chi connectivity index (χ0n) is 20.4. The third-order valence-electron chi connectivity index (χ3n) is 7.14. The molecule has 0 amide bonds. The van der Waals surface area contributed by atoms with Gasteiger partial charge < -0.3 is 4.90 Å². The lowest BCUT2D eigenvalue weighted by Gasteiger charge is -2.33. The third-order valence-corrected chi connectivity index (χ3v) is 7.14. The van der Waals surface area contributed by atoms with Crippen molar-refractivity contribution < 1.29 is 0 Å². The van der Waals surface area contributed by atoms with Crippen LogP contribution >= 0.6 is 0 Å². The molecule has 0 aliphatic heterocycles. The second kappa shape index (κ2) is 10.0. The van der Waals surface area contributed by atoms with Crippen LogP contribution in [0.1, 0.15) is 22.6 Å². The van der Waals surface area contributed by atoms with Crippen LogP contribution in [0.25, 0.3) is 5.57 Å². The van der Waals surface area contributed by atoms with Crippen LogP contribution < -0.4 is 4.90 Å². The topological polar surface area (TPSA) is 27.0 Å². The zero-order valence-corrected chi connectivity index (χ0v) is 20.4. The van der Waals surface area contributed by atoms with E-state index in [4.69, 9.17) is 0 Å². The van der Waals surface area contributed by atoms with Crippen LogP contribution in [-0.4, -0.2) is 0 Å². The van der Waals surface area contributed by atoms with Gasteiger partial charge in [0, 0.05) is 28.9 Å². The monoisotopic (exact) mass is 474 g/mol. The van der Waals surface area contributed by atoms with Gasteiger partial charge in [-0.3, -0.25) is 0 Å². The average molecular weight is 475 g/mol. The van der Waals surface area contributed by atoms with Gasteiger partial charge in [-0.05, 0) is 70.8 Å². The van der Waals surface area contributed by atoms with E-state index in [0.717, 1.165) is 17.1 Å². The summed E-state index contributed by atoms with van der Waals surface area (Å²) < 4.78 is 0. The smallest absolute Gasteiger partial charge is 0.0991 e. The van der Waals surface area contributed by atoms with Crippen LogP contribution in [-0.2, 0) is 0 Å². The molecule has 0 spiro atoms. The minimum absolute atomic E-state index is 0.216. The Morgan fingerprint density at radius 2 is 1.24 bits per heavy atom. The van der Waals surface area contributed by atoms with Gasteiger partial charge >= 0.3 is 0 Å². The molecule has 2 unspecified atom stereocenters. The third kappa shape index (κ3) is 4.44. The second-order valence-corrected chi connectivity index (χ2v) is 9.32. The van der Waals surface area contributed by atoms with Crippen LogP contribution in [0, 0.1) is 17.2 Å². The van der Waals surface area contributed by atoms with Crippen molar-refractivity contribution in [2.45, 2.75) is 5.92 Å². The highest BCUT2D eigenvalue weighted by atomic mass is 15.1. The van der Waals surface area contributed by atoms with Gasteiger partial charge in [0.2, 0.25) is 0 Å². The molecule has 0 fully saturated rings. The highest BCUT2D eigenvalue weighted by Crippen LogP contribution is 2.46. The molecule has 4 aromatic rings. The number of hydrogen-bond donors (Lipinski definition) is 0. The molecule has 2 aliphatic carbocycles. The van der Waals surface area contributed by atoms with Crippen molar-refractivity contribution in [3.05, 3.63) is 168 Å². The molecule has 0 aromatic heterocycles. The Morgan fingerprint density at radius 3 is 1.86 bits per heavy atom. The van der Waals surface area contributed by atoms with Crippen LogP contribution in [0.4, 0.5) is 17.1 Å². The molecule has 0 N–H and O–H groups in total. The molecule has 2 nitrogen and oxygen atoms in total. The van der Waals surface area contributed by atoms with E-state index in [2.05, 4.69) is 132 Å². The molecule has 0 radical (unpaired) electrons. The molecule has 2 heteroatoms. The highest BCUT2D eigenvalue weighted by molar-refractivity contribution is 5.80. The molecular weight excluding hydrogens is 448 g/mol. The Balaban J connectivity index is 1.36. The number of fused-ring (bicyclic) bond motifs is 1. The van der Waals surface area contributed by atoms with Crippen LogP contribution in [0.3, 0.4) is 0 Å². The number of nitrogens with zero attached hydrogens (tertiary/aromatic N) is 2. The van der Waals surface area contributed by atoms with Crippen molar-refractivity contribution in [2.75, 3.05) is 4.90 Å². The van der Waals surface area contributed by atoms with E-state index in [1.54, 1.807) is 0 Å². The molecule has 0 heterocycles. The summed E-state index contributed by atoms with van der Waals surface area (Å²) in [5, 5.41) is 9.23. The maximum Gasteiger partial charge on any atom is 0.0991 e. The van der Waals surface area contributed by atoms with Crippen LogP contribution in [0.15, 0.2) is 151 Å². The first-order chi connectivity index (χ1) is 18.3. The van der Waals surface area contributed by atoms with Crippen LogP contribution in [0.2, 0.25) is 0 Å². The minimum Gasteiger partial charge on any atom is -0.311 e. The molecule has 6 rings (SSSR count). The van der Waals surface area contributed by atoms with Crippen LogP contribution in [0.5, 0.6) is 0 Å². The molecule has 176 valence electrons. The lowest BCUT2D eigenvalue weighted by Crippen LogP contribution is -2.19. The van der Waals surface area contributed by atoms with E-state index in [0.29, 0.717) is 5.56 Å². The van der Waals surface area contributed by atoms with Gasteiger partial charge in [-0.2, -0.15) is 5.26 Å². The van der Waals surface area contributed by atoms with Crippen molar-refractivity contribution in [3.63, 3.8) is 0 Å².